The van der Waals surface area contributed by atoms with Gasteiger partial charge in [-0.25, -0.2) is 4.79 Å². The van der Waals surface area contributed by atoms with Crippen molar-refractivity contribution >= 4 is 34.9 Å². The maximum Gasteiger partial charge on any atom is 0.321 e. The molecule has 2 aliphatic heterocycles. The van der Waals surface area contributed by atoms with E-state index in [0.717, 1.165) is 25.3 Å². The number of nitrogens with one attached hydrogen (secondary N) is 1. The van der Waals surface area contributed by atoms with Crippen molar-refractivity contribution in [2.45, 2.75) is 13.0 Å². The maximum atomic E-state index is 12.4. The van der Waals surface area contributed by atoms with Gasteiger partial charge in [-0.3, -0.25) is 4.90 Å². The lowest BCUT2D eigenvalue weighted by atomic mass is 10.1. The fraction of sp³-hybridized carbons (Fsp3) is 0.533. The van der Waals surface area contributed by atoms with E-state index in [2.05, 4.69) is 10.2 Å². The van der Waals surface area contributed by atoms with Gasteiger partial charge in [-0.2, -0.15) is 0 Å². The van der Waals surface area contributed by atoms with Crippen LogP contribution in [-0.2, 0) is 4.74 Å². The van der Waals surface area contributed by atoms with Crippen LogP contribution in [0.5, 0.6) is 0 Å². The van der Waals surface area contributed by atoms with Crippen molar-refractivity contribution in [3.63, 3.8) is 0 Å². The van der Waals surface area contributed by atoms with Crippen molar-refractivity contribution in [2.75, 3.05) is 44.7 Å². The molecule has 0 aromatic heterocycles. The molecule has 2 aliphatic rings. The Labute approximate surface area is 140 Å². The number of morpholine rings is 1. The lowest BCUT2D eigenvalue weighted by molar-refractivity contribution is -0.0355. The normalized spacial score (nSPS) is 22.3. The van der Waals surface area contributed by atoms with Gasteiger partial charge in [-0.1, -0.05) is 23.2 Å². The molecule has 2 fully saturated rings. The second-order valence-electron chi connectivity index (χ2n) is 5.72. The van der Waals surface area contributed by atoms with Gasteiger partial charge in [0.05, 0.1) is 30.0 Å². The zero-order valence-corrected chi connectivity index (χ0v) is 14.0. The van der Waals surface area contributed by atoms with Crippen LogP contribution in [0, 0.1) is 6.92 Å². The molecule has 1 atom stereocenters. The zero-order valence-electron chi connectivity index (χ0n) is 12.4. The first-order chi connectivity index (χ1) is 10.5. The molecule has 0 radical (unpaired) electrons. The van der Waals surface area contributed by atoms with Gasteiger partial charge < -0.3 is 15.0 Å². The van der Waals surface area contributed by atoms with Crippen LogP contribution >= 0.6 is 23.2 Å². The third kappa shape index (κ3) is 3.33. The van der Waals surface area contributed by atoms with Gasteiger partial charge in [0.15, 0.2) is 0 Å². The summed E-state index contributed by atoms with van der Waals surface area (Å²) in [5, 5.41) is 3.94. The van der Waals surface area contributed by atoms with E-state index in [4.69, 9.17) is 27.9 Å². The van der Waals surface area contributed by atoms with E-state index < -0.39 is 0 Å². The topological polar surface area (TPSA) is 44.8 Å². The number of hydrogen-bond donors (Lipinski definition) is 1. The Morgan fingerprint density at radius 1 is 1.27 bits per heavy atom. The van der Waals surface area contributed by atoms with E-state index in [-0.39, 0.29) is 12.1 Å². The molecular weight excluding hydrogens is 325 g/mol. The van der Waals surface area contributed by atoms with Crippen molar-refractivity contribution in [3.05, 3.63) is 27.7 Å². The van der Waals surface area contributed by atoms with Crippen molar-refractivity contribution < 1.29 is 9.53 Å². The summed E-state index contributed by atoms with van der Waals surface area (Å²) in [7, 11) is 0. The molecular formula is C15H19Cl2N3O2. The molecule has 0 aliphatic carbocycles. The smallest absolute Gasteiger partial charge is 0.321 e. The minimum absolute atomic E-state index is 0.146. The molecule has 1 unspecified atom stereocenters. The van der Waals surface area contributed by atoms with Crippen LogP contribution in [0.4, 0.5) is 10.5 Å². The van der Waals surface area contributed by atoms with Crippen molar-refractivity contribution in [2.24, 2.45) is 0 Å². The SMILES string of the molecule is Cc1cc(Cl)c(NC(=O)N2CCN3CCOCC3C2)cc1Cl. The highest BCUT2D eigenvalue weighted by molar-refractivity contribution is 6.36. The molecule has 7 heteroatoms. The molecule has 5 nitrogen and oxygen atoms in total. The van der Waals surface area contributed by atoms with Crippen LogP contribution in [0.2, 0.25) is 10.0 Å². The molecule has 0 bridgehead atoms. The number of hydrogen-bond acceptors (Lipinski definition) is 3. The summed E-state index contributed by atoms with van der Waals surface area (Å²) in [6, 6.07) is 3.58. The number of halogens is 2. The molecule has 1 N–H and O–H groups in total. The van der Waals surface area contributed by atoms with E-state index in [1.165, 1.54) is 0 Å². The highest BCUT2D eigenvalue weighted by atomic mass is 35.5. The fourth-order valence-electron chi connectivity index (χ4n) is 2.87. The number of benzene rings is 1. The largest absolute Gasteiger partial charge is 0.378 e. The number of urea groups is 1. The van der Waals surface area contributed by atoms with E-state index in [0.29, 0.717) is 35.4 Å². The predicted molar refractivity (Wildman–Crippen MR) is 88.0 cm³/mol. The molecule has 120 valence electrons. The summed E-state index contributed by atoms with van der Waals surface area (Å²) in [5.41, 5.74) is 1.43. The second-order valence-corrected chi connectivity index (χ2v) is 6.54. The van der Waals surface area contributed by atoms with Crippen LogP contribution in [0.15, 0.2) is 12.1 Å². The van der Waals surface area contributed by atoms with Crippen molar-refractivity contribution in [1.82, 2.24) is 9.80 Å². The lowest BCUT2D eigenvalue weighted by Gasteiger charge is -2.43. The van der Waals surface area contributed by atoms with Gasteiger partial charge in [0.2, 0.25) is 0 Å². The highest BCUT2D eigenvalue weighted by Crippen LogP contribution is 2.29. The van der Waals surface area contributed by atoms with E-state index in [9.17, 15) is 4.79 Å². The Morgan fingerprint density at radius 3 is 2.91 bits per heavy atom. The Bertz CT molecular complexity index is 582. The standard InChI is InChI=1S/C15H19Cl2N3O2/c1-10-6-13(17)14(7-12(10)16)18-15(21)20-3-2-19-4-5-22-9-11(19)8-20/h6-7,11H,2-5,8-9H2,1H3,(H,18,21). The van der Waals surface area contributed by atoms with E-state index >= 15 is 0 Å². The molecule has 3 rings (SSSR count). The number of carbonyl (C=O) groups excluding carboxylic acids is 1. The second kappa shape index (κ2) is 6.62. The first-order valence-corrected chi connectivity index (χ1v) is 8.13. The molecule has 1 aromatic rings. The predicted octanol–water partition coefficient (Wildman–Crippen LogP) is 2.85. The Balaban J connectivity index is 1.66. The van der Waals surface area contributed by atoms with E-state index in [1.807, 2.05) is 6.92 Å². The summed E-state index contributed by atoms with van der Waals surface area (Å²) < 4.78 is 5.49. The van der Waals surface area contributed by atoms with Gasteiger partial charge in [0, 0.05) is 31.2 Å². The number of fused-ring (bicyclic) bond motifs is 1. The number of anilines is 1. The molecule has 2 saturated heterocycles. The van der Waals surface area contributed by atoms with Crippen LogP contribution in [-0.4, -0.2) is 61.3 Å². The monoisotopic (exact) mass is 343 g/mol. The van der Waals surface area contributed by atoms with Crippen molar-refractivity contribution in [1.29, 1.82) is 0 Å². The highest BCUT2D eigenvalue weighted by Gasteiger charge is 2.31. The minimum Gasteiger partial charge on any atom is -0.378 e. The number of nitrogens with zero attached hydrogens (tertiary/aromatic N) is 2. The summed E-state index contributed by atoms with van der Waals surface area (Å²) in [6.07, 6.45) is 0. The Kier molecular flexibility index (Phi) is 4.78. The maximum absolute atomic E-state index is 12.4. The third-order valence-electron chi connectivity index (χ3n) is 4.21. The summed E-state index contributed by atoms with van der Waals surface area (Å²) in [5.74, 6) is 0. The lowest BCUT2D eigenvalue weighted by Crippen LogP contribution is -2.59. The van der Waals surface area contributed by atoms with Gasteiger partial charge >= 0.3 is 6.03 Å². The van der Waals surface area contributed by atoms with E-state index in [1.54, 1.807) is 17.0 Å². The van der Waals surface area contributed by atoms with Crippen LogP contribution in [0.1, 0.15) is 5.56 Å². The summed E-state index contributed by atoms with van der Waals surface area (Å²) >= 11 is 12.3. The average Bonchev–Trinajstić information content (AvgIpc) is 2.52. The molecule has 0 saturated carbocycles. The fourth-order valence-corrected chi connectivity index (χ4v) is 3.30. The number of piperazine rings is 1. The van der Waals surface area contributed by atoms with Gasteiger partial charge in [0.25, 0.3) is 0 Å². The molecule has 0 spiro atoms. The van der Waals surface area contributed by atoms with Gasteiger partial charge in [0.1, 0.15) is 0 Å². The molecule has 22 heavy (non-hydrogen) atoms. The Morgan fingerprint density at radius 2 is 2.09 bits per heavy atom. The van der Waals surface area contributed by atoms with Gasteiger partial charge in [-0.15, -0.1) is 0 Å². The summed E-state index contributed by atoms with van der Waals surface area (Å²) in [6.45, 7) is 6.54. The number of ether oxygens (including phenoxy) is 1. The van der Waals surface area contributed by atoms with Crippen molar-refractivity contribution in [3.8, 4) is 0 Å². The molecule has 2 amide bonds. The minimum atomic E-state index is -0.146. The number of carbonyl (C=O) groups is 1. The number of amides is 2. The first kappa shape index (κ1) is 15.9. The zero-order chi connectivity index (χ0) is 15.7. The quantitative estimate of drug-likeness (QED) is 0.852. The van der Waals surface area contributed by atoms with Gasteiger partial charge in [-0.05, 0) is 24.6 Å². The third-order valence-corrected chi connectivity index (χ3v) is 4.93. The van der Waals surface area contributed by atoms with Crippen LogP contribution < -0.4 is 5.32 Å². The van der Waals surface area contributed by atoms with Crippen LogP contribution in [0.3, 0.4) is 0 Å². The number of aryl methyl sites for hydroxylation is 1. The number of rotatable bonds is 1. The molecule has 1 aromatic carbocycles. The summed E-state index contributed by atoms with van der Waals surface area (Å²) in [4.78, 5) is 16.6. The van der Waals surface area contributed by atoms with Crippen LogP contribution in [0.25, 0.3) is 0 Å². The first-order valence-electron chi connectivity index (χ1n) is 7.38. The Hall–Kier alpha value is -1.01. The average molecular weight is 344 g/mol. The molecule has 2 heterocycles.